The number of benzene rings is 2. The van der Waals surface area contributed by atoms with Gasteiger partial charge in [-0.05, 0) is 37.1 Å². The highest BCUT2D eigenvalue weighted by molar-refractivity contribution is 6.07. The van der Waals surface area contributed by atoms with Crippen molar-refractivity contribution < 1.29 is 14.3 Å². The molecule has 0 bridgehead atoms. The van der Waals surface area contributed by atoms with Crippen LogP contribution in [0.15, 0.2) is 48.5 Å². The Morgan fingerprint density at radius 3 is 2.14 bits per heavy atom. The number of pyridine rings is 1. The van der Waals surface area contributed by atoms with Crippen LogP contribution in [0, 0.1) is 0 Å². The number of carbonyl (C=O) groups is 1. The number of rotatable bonds is 14. The maximum atomic E-state index is 14.0. The van der Waals surface area contributed by atoms with Crippen molar-refractivity contribution in [2.75, 3.05) is 27.3 Å². The molecule has 0 aliphatic carbocycles. The number of amides is 1. The van der Waals surface area contributed by atoms with Crippen molar-refractivity contribution in [3.8, 4) is 22.8 Å². The third-order valence-electron chi connectivity index (χ3n) is 6.48. The highest BCUT2D eigenvalue weighted by Gasteiger charge is 2.21. The quantitative estimate of drug-likeness (QED) is 0.226. The van der Waals surface area contributed by atoms with Gasteiger partial charge in [-0.15, -0.1) is 0 Å². The van der Waals surface area contributed by atoms with Crippen molar-refractivity contribution in [3.05, 3.63) is 54.1 Å². The summed E-state index contributed by atoms with van der Waals surface area (Å²) < 4.78 is 11.0. The van der Waals surface area contributed by atoms with Gasteiger partial charge >= 0.3 is 0 Å². The summed E-state index contributed by atoms with van der Waals surface area (Å²) >= 11 is 0. The van der Waals surface area contributed by atoms with E-state index < -0.39 is 0 Å². The van der Waals surface area contributed by atoms with Crippen LogP contribution >= 0.6 is 0 Å². The molecule has 0 spiro atoms. The van der Waals surface area contributed by atoms with E-state index in [0.717, 1.165) is 60.9 Å². The van der Waals surface area contributed by atoms with Gasteiger partial charge in [0.05, 0.1) is 31.0 Å². The predicted molar refractivity (Wildman–Crippen MR) is 144 cm³/mol. The molecule has 3 aromatic rings. The molecule has 0 saturated heterocycles. The van der Waals surface area contributed by atoms with E-state index in [9.17, 15) is 4.79 Å². The van der Waals surface area contributed by atoms with Gasteiger partial charge in [0, 0.05) is 30.1 Å². The van der Waals surface area contributed by atoms with E-state index in [1.165, 1.54) is 25.7 Å². The van der Waals surface area contributed by atoms with Gasteiger partial charge in [-0.1, -0.05) is 70.6 Å². The van der Waals surface area contributed by atoms with Gasteiger partial charge in [0.15, 0.2) is 0 Å². The SMILES string of the molecule is CCCCCCN(CCCCCC)C(=O)c1cc(-c2ccc(OC)cc2OC)nc2ccccc12. The maximum Gasteiger partial charge on any atom is 0.254 e. The lowest BCUT2D eigenvalue weighted by atomic mass is 10.0. The van der Waals surface area contributed by atoms with Crippen molar-refractivity contribution in [1.82, 2.24) is 9.88 Å². The van der Waals surface area contributed by atoms with Crippen LogP contribution in [0.5, 0.6) is 11.5 Å². The Labute approximate surface area is 210 Å². The van der Waals surface area contributed by atoms with Crippen LogP contribution in [0.2, 0.25) is 0 Å². The summed E-state index contributed by atoms with van der Waals surface area (Å²) in [4.78, 5) is 20.9. The topological polar surface area (TPSA) is 51.7 Å². The average Bonchev–Trinajstić information content (AvgIpc) is 2.90. The Kier molecular flexibility index (Phi) is 10.4. The summed E-state index contributed by atoms with van der Waals surface area (Å²) in [5, 5.41) is 0.890. The second-order valence-electron chi connectivity index (χ2n) is 9.05. The minimum atomic E-state index is 0.0883. The largest absolute Gasteiger partial charge is 0.497 e. The lowest BCUT2D eigenvalue weighted by molar-refractivity contribution is 0.0751. The maximum absolute atomic E-state index is 14.0. The second-order valence-corrected chi connectivity index (χ2v) is 9.05. The van der Waals surface area contributed by atoms with Gasteiger partial charge in [0.25, 0.3) is 5.91 Å². The first-order chi connectivity index (χ1) is 17.1. The summed E-state index contributed by atoms with van der Waals surface area (Å²) in [6.45, 7) is 6.02. The van der Waals surface area contributed by atoms with Gasteiger partial charge in [0.2, 0.25) is 0 Å². The molecule has 1 aromatic heterocycles. The van der Waals surface area contributed by atoms with Crippen LogP contribution in [0.1, 0.15) is 75.6 Å². The third kappa shape index (κ3) is 6.97. The summed E-state index contributed by atoms with van der Waals surface area (Å²) in [5.74, 6) is 1.47. The number of carbonyl (C=O) groups excluding carboxylic acids is 1. The minimum absolute atomic E-state index is 0.0883. The smallest absolute Gasteiger partial charge is 0.254 e. The van der Waals surface area contributed by atoms with Gasteiger partial charge < -0.3 is 14.4 Å². The fourth-order valence-corrected chi connectivity index (χ4v) is 4.44. The fraction of sp³-hybridized carbons (Fsp3) is 0.467. The number of aromatic nitrogens is 1. The zero-order valence-corrected chi connectivity index (χ0v) is 21.8. The first-order valence-electron chi connectivity index (χ1n) is 13.0. The average molecular weight is 477 g/mol. The van der Waals surface area contributed by atoms with E-state index in [1.54, 1.807) is 14.2 Å². The van der Waals surface area contributed by atoms with Crippen molar-refractivity contribution in [3.63, 3.8) is 0 Å². The van der Waals surface area contributed by atoms with Crippen molar-refractivity contribution in [2.24, 2.45) is 0 Å². The first kappa shape index (κ1) is 26.5. The fourth-order valence-electron chi connectivity index (χ4n) is 4.44. The molecule has 0 aliphatic rings. The molecule has 2 aromatic carbocycles. The lowest BCUT2D eigenvalue weighted by Crippen LogP contribution is -2.33. The number of ether oxygens (including phenoxy) is 2. The summed E-state index contributed by atoms with van der Waals surface area (Å²) in [6.07, 6.45) is 9.17. The molecule has 1 amide bonds. The number of hydrogen-bond donors (Lipinski definition) is 0. The van der Waals surface area contributed by atoms with E-state index in [0.29, 0.717) is 17.1 Å². The number of methoxy groups -OCH3 is 2. The zero-order chi connectivity index (χ0) is 25.0. The molecule has 188 valence electrons. The number of hydrogen-bond acceptors (Lipinski definition) is 4. The molecule has 0 unspecified atom stereocenters. The number of fused-ring (bicyclic) bond motifs is 1. The highest BCUT2D eigenvalue weighted by Crippen LogP contribution is 2.34. The molecule has 5 nitrogen and oxygen atoms in total. The summed E-state index contributed by atoms with van der Waals surface area (Å²) in [6, 6.07) is 15.5. The molecule has 0 fully saturated rings. The number of para-hydroxylation sites is 1. The predicted octanol–water partition coefficient (Wildman–Crippen LogP) is 7.52. The van der Waals surface area contributed by atoms with Gasteiger partial charge in [-0.2, -0.15) is 0 Å². The molecule has 3 rings (SSSR count). The van der Waals surface area contributed by atoms with Crippen molar-refractivity contribution in [1.29, 1.82) is 0 Å². The van der Waals surface area contributed by atoms with E-state index in [-0.39, 0.29) is 5.91 Å². The van der Waals surface area contributed by atoms with Crippen molar-refractivity contribution >= 4 is 16.8 Å². The molecule has 0 aliphatic heterocycles. The first-order valence-corrected chi connectivity index (χ1v) is 13.0. The summed E-state index contributed by atoms with van der Waals surface area (Å²) in [5.41, 5.74) is 3.08. The molecule has 35 heavy (non-hydrogen) atoms. The Bertz CT molecular complexity index is 1080. The zero-order valence-electron chi connectivity index (χ0n) is 21.8. The van der Waals surface area contributed by atoms with Crippen LogP contribution in [-0.2, 0) is 0 Å². The van der Waals surface area contributed by atoms with Crippen LogP contribution in [-0.4, -0.2) is 43.1 Å². The molecule has 0 N–H and O–H groups in total. The van der Waals surface area contributed by atoms with Gasteiger partial charge in [0.1, 0.15) is 11.5 Å². The van der Waals surface area contributed by atoms with Gasteiger partial charge in [-0.3, -0.25) is 4.79 Å². The van der Waals surface area contributed by atoms with Crippen LogP contribution < -0.4 is 9.47 Å². The minimum Gasteiger partial charge on any atom is -0.497 e. The van der Waals surface area contributed by atoms with Crippen LogP contribution in [0.3, 0.4) is 0 Å². The number of unbranched alkanes of at least 4 members (excludes halogenated alkanes) is 6. The van der Waals surface area contributed by atoms with Crippen LogP contribution in [0.25, 0.3) is 22.2 Å². The molecule has 1 heterocycles. The van der Waals surface area contributed by atoms with E-state index in [2.05, 4.69) is 18.7 Å². The molecule has 0 saturated carbocycles. The van der Waals surface area contributed by atoms with E-state index in [1.807, 2.05) is 48.5 Å². The second kappa shape index (κ2) is 13.7. The number of nitrogens with zero attached hydrogens (tertiary/aromatic N) is 2. The van der Waals surface area contributed by atoms with Crippen molar-refractivity contribution in [2.45, 2.75) is 65.2 Å². The molecular formula is C30H40N2O3. The molecular weight excluding hydrogens is 436 g/mol. The molecule has 0 atom stereocenters. The Balaban J connectivity index is 2.00. The third-order valence-corrected chi connectivity index (χ3v) is 6.48. The summed E-state index contributed by atoms with van der Waals surface area (Å²) in [7, 11) is 3.27. The Morgan fingerprint density at radius 2 is 1.51 bits per heavy atom. The monoisotopic (exact) mass is 476 g/mol. The van der Waals surface area contributed by atoms with Gasteiger partial charge in [-0.25, -0.2) is 4.98 Å². The standard InChI is InChI=1S/C30H40N2O3/c1-5-7-9-13-19-32(20-14-10-8-6-2)30(33)26-22-28(31-27-16-12-11-15-24(26)27)25-18-17-23(34-3)21-29(25)35-4/h11-12,15-18,21-22H,5-10,13-14,19-20H2,1-4H3. The van der Waals surface area contributed by atoms with E-state index >= 15 is 0 Å². The normalized spacial score (nSPS) is 11.0. The van der Waals surface area contributed by atoms with E-state index in [4.69, 9.17) is 14.5 Å². The Hall–Kier alpha value is -3.08. The Morgan fingerprint density at radius 1 is 0.829 bits per heavy atom. The lowest BCUT2D eigenvalue weighted by Gasteiger charge is -2.24. The molecule has 5 heteroatoms. The van der Waals surface area contributed by atoms with Crippen LogP contribution in [0.4, 0.5) is 0 Å². The molecule has 0 radical (unpaired) electrons. The highest BCUT2D eigenvalue weighted by atomic mass is 16.5.